The number of nitrogens with one attached hydrogen (secondary N) is 2. The summed E-state index contributed by atoms with van der Waals surface area (Å²) >= 11 is 0. The second-order valence-corrected chi connectivity index (χ2v) is 8.37. The molecule has 29 heavy (non-hydrogen) atoms. The lowest BCUT2D eigenvalue weighted by atomic mass is 9.77. The Morgan fingerprint density at radius 2 is 1.86 bits per heavy atom. The summed E-state index contributed by atoms with van der Waals surface area (Å²) in [5, 5.41) is 20.4. The van der Waals surface area contributed by atoms with Gasteiger partial charge in [-0.2, -0.15) is 5.10 Å². The number of pyridine rings is 1. The van der Waals surface area contributed by atoms with Crippen LogP contribution in [0.5, 0.6) is 0 Å². The van der Waals surface area contributed by atoms with Gasteiger partial charge in [0.25, 0.3) is 5.91 Å². The van der Waals surface area contributed by atoms with Gasteiger partial charge in [-0.15, -0.1) is 0 Å². The number of benzene rings is 1. The highest BCUT2D eigenvalue weighted by Crippen LogP contribution is 2.32. The quantitative estimate of drug-likeness (QED) is 0.625. The molecule has 2 aromatic heterocycles. The normalized spacial score (nSPS) is 20.0. The van der Waals surface area contributed by atoms with E-state index in [0.717, 1.165) is 31.2 Å². The van der Waals surface area contributed by atoms with E-state index in [1.165, 1.54) is 6.20 Å². The minimum atomic E-state index is -0.667. The summed E-state index contributed by atoms with van der Waals surface area (Å²) in [6, 6.07) is 7.26. The maximum absolute atomic E-state index is 13.8. The Labute approximate surface area is 168 Å². The molecule has 4 rings (SSSR count). The standard InChI is InChI=1S/C22H25FN4O2/c1-22(2,29)15-7-9-16(10-8-15)26-21(28)14-5-3-13(4-6-14)19-17-11-25-27-20(17)18(23)12-24-19/h3-6,11-12,15-16,29H,7-10H2,1-2H3,(H,25,27)(H,26,28). The summed E-state index contributed by atoms with van der Waals surface area (Å²) in [5.41, 5.74) is 1.63. The maximum atomic E-state index is 13.8. The van der Waals surface area contributed by atoms with Gasteiger partial charge in [-0.05, 0) is 57.6 Å². The molecule has 0 saturated heterocycles. The van der Waals surface area contributed by atoms with Gasteiger partial charge in [0.1, 0.15) is 5.52 Å². The van der Waals surface area contributed by atoms with Crippen molar-refractivity contribution >= 4 is 16.8 Å². The molecule has 0 bridgehead atoms. The van der Waals surface area contributed by atoms with Crippen LogP contribution >= 0.6 is 0 Å². The average molecular weight is 396 g/mol. The first-order valence-corrected chi connectivity index (χ1v) is 9.94. The van der Waals surface area contributed by atoms with Crippen molar-refractivity contribution in [2.75, 3.05) is 0 Å². The SMILES string of the molecule is CC(C)(O)C1CCC(NC(=O)c2ccc(-c3ncc(F)c4[nH]ncc34)cc2)CC1. The summed E-state index contributed by atoms with van der Waals surface area (Å²) in [6.07, 6.45) is 6.27. The molecule has 1 fully saturated rings. The molecule has 0 spiro atoms. The molecule has 1 aliphatic carbocycles. The minimum Gasteiger partial charge on any atom is -0.390 e. The van der Waals surface area contributed by atoms with E-state index in [1.807, 2.05) is 26.0 Å². The molecule has 1 aliphatic rings. The van der Waals surface area contributed by atoms with Crippen molar-refractivity contribution < 1.29 is 14.3 Å². The number of aliphatic hydroxyl groups is 1. The first-order valence-electron chi connectivity index (χ1n) is 9.94. The van der Waals surface area contributed by atoms with Gasteiger partial charge in [-0.25, -0.2) is 4.39 Å². The highest BCUT2D eigenvalue weighted by atomic mass is 19.1. The van der Waals surface area contributed by atoms with Crippen molar-refractivity contribution in [3.63, 3.8) is 0 Å². The van der Waals surface area contributed by atoms with Gasteiger partial charge in [0.15, 0.2) is 5.82 Å². The van der Waals surface area contributed by atoms with Crippen LogP contribution in [0.2, 0.25) is 0 Å². The molecule has 0 aliphatic heterocycles. The van der Waals surface area contributed by atoms with Crippen LogP contribution in [-0.2, 0) is 0 Å². The summed E-state index contributed by atoms with van der Waals surface area (Å²) in [7, 11) is 0. The van der Waals surface area contributed by atoms with Crippen molar-refractivity contribution in [3.8, 4) is 11.3 Å². The Morgan fingerprint density at radius 1 is 1.17 bits per heavy atom. The molecule has 6 nitrogen and oxygen atoms in total. The number of hydrogen-bond donors (Lipinski definition) is 3. The zero-order valence-electron chi connectivity index (χ0n) is 16.6. The summed E-state index contributed by atoms with van der Waals surface area (Å²) in [5.74, 6) is -0.279. The molecule has 7 heteroatoms. The summed E-state index contributed by atoms with van der Waals surface area (Å²) < 4.78 is 13.8. The molecule has 0 unspecified atom stereocenters. The minimum absolute atomic E-state index is 0.108. The number of carbonyl (C=O) groups is 1. The third-order valence-corrected chi connectivity index (χ3v) is 5.92. The second kappa shape index (κ2) is 7.55. The average Bonchev–Trinajstić information content (AvgIpc) is 3.19. The van der Waals surface area contributed by atoms with Crippen LogP contribution in [0.15, 0.2) is 36.7 Å². The fourth-order valence-electron chi connectivity index (χ4n) is 4.13. The molecular formula is C22H25FN4O2. The van der Waals surface area contributed by atoms with E-state index in [4.69, 9.17) is 0 Å². The van der Waals surface area contributed by atoms with E-state index in [0.29, 0.717) is 22.2 Å². The Hall–Kier alpha value is -2.80. The smallest absolute Gasteiger partial charge is 0.251 e. The number of halogens is 1. The van der Waals surface area contributed by atoms with Gasteiger partial charge in [0, 0.05) is 22.6 Å². The van der Waals surface area contributed by atoms with E-state index < -0.39 is 11.4 Å². The molecule has 2 heterocycles. The highest BCUT2D eigenvalue weighted by Gasteiger charge is 2.31. The van der Waals surface area contributed by atoms with Crippen molar-refractivity contribution in [1.82, 2.24) is 20.5 Å². The molecule has 152 valence electrons. The van der Waals surface area contributed by atoms with Crippen LogP contribution in [0.4, 0.5) is 4.39 Å². The number of aromatic amines is 1. The van der Waals surface area contributed by atoms with Crippen LogP contribution < -0.4 is 5.32 Å². The zero-order valence-corrected chi connectivity index (χ0v) is 16.6. The fourth-order valence-corrected chi connectivity index (χ4v) is 4.13. The summed E-state index contributed by atoms with van der Waals surface area (Å²) in [4.78, 5) is 16.8. The van der Waals surface area contributed by atoms with Crippen LogP contribution in [0.3, 0.4) is 0 Å². The molecule has 1 amide bonds. The van der Waals surface area contributed by atoms with Crippen molar-refractivity contribution in [1.29, 1.82) is 0 Å². The maximum Gasteiger partial charge on any atom is 0.251 e. The predicted molar refractivity (Wildman–Crippen MR) is 109 cm³/mol. The first-order chi connectivity index (χ1) is 13.8. The van der Waals surface area contributed by atoms with Gasteiger partial charge in [-0.3, -0.25) is 14.9 Å². The number of H-pyrrole nitrogens is 1. The van der Waals surface area contributed by atoms with E-state index >= 15 is 0 Å². The molecule has 1 saturated carbocycles. The zero-order chi connectivity index (χ0) is 20.6. The molecular weight excluding hydrogens is 371 g/mol. The molecule has 1 aromatic carbocycles. The van der Waals surface area contributed by atoms with E-state index in [1.54, 1.807) is 18.3 Å². The van der Waals surface area contributed by atoms with Crippen molar-refractivity contribution in [2.45, 2.75) is 51.2 Å². The molecule has 0 radical (unpaired) electrons. The number of rotatable bonds is 4. The van der Waals surface area contributed by atoms with Crippen LogP contribution in [-0.4, -0.2) is 37.8 Å². The number of carbonyl (C=O) groups excluding carboxylic acids is 1. The first kappa shape index (κ1) is 19.5. The van der Waals surface area contributed by atoms with Gasteiger partial charge < -0.3 is 10.4 Å². The Kier molecular flexibility index (Phi) is 5.08. The van der Waals surface area contributed by atoms with Crippen molar-refractivity contribution in [3.05, 3.63) is 48.0 Å². The lowest BCUT2D eigenvalue weighted by molar-refractivity contribution is -0.00257. The highest BCUT2D eigenvalue weighted by molar-refractivity contribution is 5.96. The Bertz CT molecular complexity index is 1020. The lowest BCUT2D eigenvalue weighted by Gasteiger charge is -2.36. The number of aromatic nitrogens is 3. The third kappa shape index (κ3) is 4.00. The fraction of sp³-hybridized carbons (Fsp3) is 0.409. The van der Waals surface area contributed by atoms with Crippen LogP contribution in [0.1, 0.15) is 49.9 Å². The van der Waals surface area contributed by atoms with Crippen LogP contribution in [0, 0.1) is 11.7 Å². The Morgan fingerprint density at radius 3 is 2.52 bits per heavy atom. The van der Waals surface area contributed by atoms with Gasteiger partial charge in [0.2, 0.25) is 0 Å². The number of nitrogens with zero attached hydrogens (tertiary/aromatic N) is 2. The molecule has 3 N–H and O–H groups in total. The van der Waals surface area contributed by atoms with E-state index in [-0.39, 0.29) is 17.9 Å². The largest absolute Gasteiger partial charge is 0.390 e. The predicted octanol–water partition coefficient (Wildman–Crippen LogP) is 3.82. The molecule has 0 atom stereocenters. The number of fused-ring (bicyclic) bond motifs is 1. The van der Waals surface area contributed by atoms with Crippen LogP contribution in [0.25, 0.3) is 22.2 Å². The molecule has 3 aromatic rings. The second-order valence-electron chi connectivity index (χ2n) is 8.37. The third-order valence-electron chi connectivity index (χ3n) is 5.92. The monoisotopic (exact) mass is 396 g/mol. The van der Waals surface area contributed by atoms with E-state index in [9.17, 15) is 14.3 Å². The van der Waals surface area contributed by atoms with Gasteiger partial charge >= 0.3 is 0 Å². The number of amides is 1. The summed E-state index contributed by atoms with van der Waals surface area (Å²) in [6.45, 7) is 3.71. The lowest BCUT2D eigenvalue weighted by Crippen LogP contribution is -2.41. The van der Waals surface area contributed by atoms with Crippen molar-refractivity contribution in [2.24, 2.45) is 5.92 Å². The van der Waals surface area contributed by atoms with E-state index in [2.05, 4.69) is 20.5 Å². The Balaban J connectivity index is 1.44. The number of hydrogen-bond acceptors (Lipinski definition) is 4. The topological polar surface area (TPSA) is 90.9 Å². The van der Waals surface area contributed by atoms with Gasteiger partial charge in [0.05, 0.1) is 23.7 Å². The van der Waals surface area contributed by atoms with Gasteiger partial charge in [-0.1, -0.05) is 12.1 Å².